The van der Waals surface area contributed by atoms with Gasteiger partial charge in [-0.3, -0.25) is 4.79 Å². The number of carbonyl (C=O) groups is 1. The van der Waals surface area contributed by atoms with Crippen LogP contribution in [-0.4, -0.2) is 55.0 Å². The van der Waals surface area contributed by atoms with Gasteiger partial charge in [-0.15, -0.1) is 10.2 Å². The molecule has 0 bridgehead atoms. The molecule has 0 unspecified atom stereocenters. The maximum atomic E-state index is 12.8. The van der Waals surface area contributed by atoms with Crippen LogP contribution in [0.25, 0.3) is 0 Å². The van der Waals surface area contributed by atoms with Crippen molar-refractivity contribution in [3.8, 4) is 0 Å². The SMILES string of the molecule is CCC(=O)Nc1nnc(S(=O)(=O)N2CCN(c3cc(Cl)ccc3C)CC2)s1. The molecular weight excluding hydrogens is 410 g/mol. The van der Waals surface area contributed by atoms with Crippen LogP contribution in [-0.2, 0) is 14.8 Å². The number of carbonyl (C=O) groups excluding carboxylic acids is 1. The molecule has 1 fully saturated rings. The first kappa shape index (κ1) is 20.0. The second-order valence-electron chi connectivity index (χ2n) is 6.10. The summed E-state index contributed by atoms with van der Waals surface area (Å²) in [5, 5.41) is 10.9. The largest absolute Gasteiger partial charge is 0.369 e. The van der Waals surface area contributed by atoms with Crippen LogP contribution in [0, 0.1) is 6.92 Å². The molecule has 8 nitrogen and oxygen atoms in total. The first-order valence-corrected chi connectivity index (χ1v) is 11.1. The van der Waals surface area contributed by atoms with Crippen LogP contribution in [0.2, 0.25) is 5.02 Å². The van der Waals surface area contributed by atoms with E-state index in [1.807, 2.05) is 25.1 Å². The quantitative estimate of drug-likeness (QED) is 0.733. The Balaban J connectivity index is 1.69. The summed E-state index contributed by atoms with van der Waals surface area (Å²) in [6.45, 7) is 5.49. The Morgan fingerprint density at radius 1 is 1.26 bits per heavy atom. The highest BCUT2D eigenvalue weighted by atomic mass is 35.5. The molecule has 1 N–H and O–H groups in total. The van der Waals surface area contributed by atoms with E-state index in [-0.39, 0.29) is 21.8 Å². The highest BCUT2D eigenvalue weighted by Crippen LogP contribution is 2.28. The molecule has 1 aliphatic heterocycles. The Morgan fingerprint density at radius 2 is 1.96 bits per heavy atom. The van der Waals surface area contributed by atoms with E-state index in [0.29, 0.717) is 31.2 Å². The fourth-order valence-electron chi connectivity index (χ4n) is 2.78. The summed E-state index contributed by atoms with van der Waals surface area (Å²) in [6, 6.07) is 5.69. The molecule has 0 aliphatic carbocycles. The van der Waals surface area contributed by atoms with Gasteiger partial charge in [0, 0.05) is 43.3 Å². The van der Waals surface area contributed by atoms with Gasteiger partial charge < -0.3 is 10.2 Å². The van der Waals surface area contributed by atoms with Crippen molar-refractivity contribution in [3.63, 3.8) is 0 Å². The molecule has 146 valence electrons. The zero-order chi connectivity index (χ0) is 19.6. The number of anilines is 2. The molecule has 2 aromatic rings. The number of hydrogen-bond acceptors (Lipinski definition) is 7. The molecular formula is C16H20ClN5O3S2. The summed E-state index contributed by atoms with van der Waals surface area (Å²) in [4.78, 5) is 13.5. The molecule has 11 heteroatoms. The number of nitrogens with one attached hydrogen (secondary N) is 1. The van der Waals surface area contributed by atoms with Crippen LogP contribution in [0.4, 0.5) is 10.8 Å². The zero-order valence-electron chi connectivity index (χ0n) is 15.0. The fraction of sp³-hybridized carbons (Fsp3) is 0.438. The van der Waals surface area contributed by atoms with Gasteiger partial charge in [0.25, 0.3) is 10.0 Å². The molecule has 0 radical (unpaired) electrons. The summed E-state index contributed by atoms with van der Waals surface area (Å²) in [5.41, 5.74) is 2.11. The number of hydrogen-bond donors (Lipinski definition) is 1. The standard InChI is InChI=1S/C16H20ClN5O3S2/c1-3-14(23)18-15-19-20-16(26-15)27(24,25)22-8-6-21(7-9-22)13-10-12(17)5-4-11(13)2/h4-5,10H,3,6-9H2,1-2H3,(H,18,19,23). The van der Waals surface area contributed by atoms with Crippen LogP contribution in [0.3, 0.4) is 0 Å². The molecule has 1 aliphatic rings. The second-order valence-corrected chi connectivity index (χ2v) is 9.62. The molecule has 0 atom stereocenters. The first-order valence-electron chi connectivity index (χ1n) is 8.46. The monoisotopic (exact) mass is 429 g/mol. The lowest BCUT2D eigenvalue weighted by Gasteiger charge is -2.35. The zero-order valence-corrected chi connectivity index (χ0v) is 17.4. The van der Waals surface area contributed by atoms with Crippen LogP contribution in [0.5, 0.6) is 0 Å². The van der Waals surface area contributed by atoms with Crippen molar-refractivity contribution < 1.29 is 13.2 Å². The lowest BCUT2D eigenvalue weighted by atomic mass is 10.1. The normalized spacial score (nSPS) is 15.7. The molecule has 27 heavy (non-hydrogen) atoms. The lowest BCUT2D eigenvalue weighted by Crippen LogP contribution is -2.48. The minimum absolute atomic E-state index is 0.110. The number of amides is 1. The van der Waals surface area contributed by atoms with E-state index in [1.54, 1.807) is 6.92 Å². The maximum Gasteiger partial charge on any atom is 0.272 e. The van der Waals surface area contributed by atoms with Crippen LogP contribution >= 0.6 is 22.9 Å². The van der Waals surface area contributed by atoms with Gasteiger partial charge in [0.2, 0.25) is 15.4 Å². The molecule has 1 aromatic heterocycles. The number of rotatable bonds is 5. The van der Waals surface area contributed by atoms with E-state index in [9.17, 15) is 13.2 Å². The highest BCUT2D eigenvalue weighted by Gasteiger charge is 2.32. The van der Waals surface area contributed by atoms with E-state index < -0.39 is 10.0 Å². The Bertz CT molecular complexity index is 939. The first-order chi connectivity index (χ1) is 12.8. The van der Waals surface area contributed by atoms with Gasteiger partial charge in [0.1, 0.15) is 0 Å². The Labute approximate surface area is 167 Å². The van der Waals surface area contributed by atoms with Gasteiger partial charge in [-0.1, -0.05) is 35.9 Å². The molecule has 3 rings (SSSR count). The highest BCUT2D eigenvalue weighted by molar-refractivity contribution is 7.91. The Morgan fingerprint density at radius 3 is 2.63 bits per heavy atom. The number of halogens is 1. The van der Waals surface area contributed by atoms with Gasteiger partial charge in [0.15, 0.2) is 0 Å². The Hall–Kier alpha value is -1.75. The van der Waals surface area contributed by atoms with Gasteiger partial charge >= 0.3 is 0 Å². The number of aromatic nitrogens is 2. The smallest absolute Gasteiger partial charge is 0.272 e. The third-order valence-electron chi connectivity index (χ3n) is 4.29. The second kappa shape index (κ2) is 8.09. The summed E-state index contributed by atoms with van der Waals surface area (Å²) >= 11 is 6.95. The summed E-state index contributed by atoms with van der Waals surface area (Å²) < 4.78 is 26.9. The van der Waals surface area contributed by atoms with Crippen molar-refractivity contribution in [1.29, 1.82) is 0 Å². The van der Waals surface area contributed by atoms with Gasteiger partial charge in [-0.25, -0.2) is 8.42 Å². The summed E-state index contributed by atoms with van der Waals surface area (Å²) in [6.07, 6.45) is 0.284. The van der Waals surface area contributed by atoms with Crippen molar-refractivity contribution in [2.24, 2.45) is 0 Å². The van der Waals surface area contributed by atoms with E-state index in [4.69, 9.17) is 11.6 Å². The van der Waals surface area contributed by atoms with Crippen molar-refractivity contribution in [2.45, 2.75) is 24.6 Å². The van der Waals surface area contributed by atoms with Crippen LogP contribution < -0.4 is 10.2 Å². The van der Waals surface area contributed by atoms with Crippen molar-refractivity contribution in [2.75, 3.05) is 36.4 Å². The van der Waals surface area contributed by atoms with Gasteiger partial charge in [-0.2, -0.15) is 4.31 Å². The molecule has 2 heterocycles. The summed E-state index contributed by atoms with van der Waals surface area (Å²) in [5.74, 6) is -0.236. The minimum atomic E-state index is -3.73. The predicted octanol–water partition coefficient (Wildman–Crippen LogP) is 2.36. The third-order valence-corrected chi connectivity index (χ3v) is 7.60. The van der Waals surface area contributed by atoms with Crippen molar-refractivity contribution >= 4 is 49.7 Å². The van der Waals surface area contributed by atoms with Crippen LogP contribution in [0.1, 0.15) is 18.9 Å². The predicted molar refractivity (Wildman–Crippen MR) is 106 cm³/mol. The average molecular weight is 430 g/mol. The minimum Gasteiger partial charge on any atom is -0.369 e. The topological polar surface area (TPSA) is 95.5 Å². The average Bonchev–Trinajstić information content (AvgIpc) is 3.13. The van der Waals surface area contributed by atoms with E-state index >= 15 is 0 Å². The number of nitrogens with zero attached hydrogens (tertiary/aromatic N) is 4. The van der Waals surface area contributed by atoms with Gasteiger partial charge in [0.05, 0.1) is 0 Å². The molecule has 1 saturated heterocycles. The number of piperazine rings is 1. The molecule has 1 amide bonds. The van der Waals surface area contributed by atoms with E-state index in [2.05, 4.69) is 20.4 Å². The van der Waals surface area contributed by atoms with Gasteiger partial charge in [-0.05, 0) is 24.6 Å². The number of aryl methyl sites for hydroxylation is 1. The molecule has 1 aromatic carbocycles. The van der Waals surface area contributed by atoms with Crippen molar-refractivity contribution in [3.05, 3.63) is 28.8 Å². The summed E-state index contributed by atoms with van der Waals surface area (Å²) in [7, 11) is -3.73. The Kier molecular flexibility index (Phi) is 5.99. The third kappa shape index (κ3) is 4.40. The lowest BCUT2D eigenvalue weighted by molar-refractivity contribution is -0.115. The molecule has 0 saturated carbocycles. The fourth-order valence-corrected chi connectivity index (χ4v) is 5.42. The van der Waals surface area contributed by atoms with E-state index in [1.165, 1.54) is 4.31 Å². The van der Waals surface area contributed by atoms with Crippen molar-refractivity contribution in [1.82, 2.24) is 14.5 Å². The van der Waals surface area contributed by atoms with Crippen LogP contribution in [0.15, 0.2) is 22.5 Å². The van der Waals surface area contributed by atoms with E-state index in [0.717, 1.165) is 22.6 Å². The molecule has 0 spiro atoms. The maximum absolute atomic E-state index is 12.8. The number of sulfonamides is 1. The number of benzene rings is 1.